The molecule has 1 aromatic heterocycles. The number of rotatable bonds is 8. The Balaban J connectivity index is 0.000000378. The Morgan fingerprint density at radius 3 is 1.58 bits per heavy atom. The molecule has 3 rings (SSSR count). The number of aromatic nitrogens is 1. The maximum absolute atomic E-state index is 14.1. The normalized spacial score (nSPS) is 21.8. The van der Waals surface area contributed by atoms with Gasteiger partial charge in [0, 0.05) is 19.3 Å². The van der Waals surface area contributed by atoms with Crippen LogP contribution in [0, 0.1) is 9.52 Å². The Morgan fingerprint density at radius 1 is 0.808 bits per heavy atom. The van der Waals surface area contributed by atoms with Crippen LogP contribution in [0.25, 0.3) is 0 Å². The summed E-state index contributed by atoms with van der Waals surface area (Å²) in [6.45, 7) is 34.0. The van der Waals surface area contributed by atoms with E-state index in [9.17, 15) is 19.1 Å². The molecule has 1 N–H and O–H groups in total. The largest absolute Gasteiger partial charge is 0.486 e. The number of hydrogen-bond donors (Lipinski definition) is 1. The number of likely N-dealkylation sites (tertiary alicyclic amines) is 2. The maximum atomic E-state index is 14.1. The molecule has 0 aromatic carbocycles. The van der Waals surface area contributed by atoms with E-state index >= 15 is 0 Å². The molecule has 0 spiro atoms. The van der Waals surface area contributed by atoms with Crippen molar-refractivity contribution in [3.8, 4) is 5.75 Å². The van der Waals surface area contributed by atoms with Crippen LogP contribution in [0.4, 0.5) is 14.0 Å². The second-order valence-corrected chi connectivity index (χ2v) is 29.6. The Hall–Kier alpha value is -1.54. The van der Waals surface area contributed by atoms with Crippen molar-refractivity contribution in [1.29, 1.82) is 0 Å². The molecule has 52 heavy (non-hydrogen) atoms. The second kappa shape index (κ2) is 17.5. The smallest absolute Gasteiger partial charge is 0.410 e. The van der Waals surface area contributed by atoms with Crippen LogP contribution in [-0.4, -0.2) is 111 Å². The number of halogens is 2. The molecule has 0 saturated carbocycles. The highest BCUT2D eigenvalue weighted by molar-refractivity contribution is 14.1. The third-order valence-corrected chi connectivity index (χ3v) is 19.9. The average Bonchev–Trinajstić information content (AvgIpc) is 3.53. The minimum atomic E-state index is -2.01. The summed E-state index contributed by atoms with van der Waals surface area (Å²) in [6, 6.07) is 1.19. The van der Waals surface area contributed by atoms with Gasteiger partial charge in [0.15, 0.2) is 22.4 Å². The van der Waals surface area contributed by atoms with E-state index in [1.165, 1.54) is 6.20 Å². The predicted octanol–water partition coefficient (Wildman–Crippen LogP) is 8.98. The number of hydrogen-bond acceptors (Lipinski definition) is 9. The fourth-order valence-corrected chi connectivity index (χ4v) is 8.49. The molecular weight excluding hydrogens is 816 g/mol. The van der Waals surface area contributed by atoms with Crippen molar-refractivity contribution in [2.24, 2.45) is 0 Å². The molecule has 300 valence electrons. The zero-order valence-electron chi connectivity index (χ0n) is 34.6. The van der Waals surface area contributed by atoms with Gasteiger partial charge in [-0.25, -0.2) is 14.6 Å². The minimum Gasteiger partial charge on any atom is -0.486 e. The van der Waals surface area contributed by atoms with Crippen molar-refractivity contribution in [3.05, 3.63) is 21.8 Å². The number of aliphatic hydroxyl groups is 1. The molecule has 0 bridgehead atoms. The number of carbonyl (C=O) groups excluding carboxylic acids is 2. The lowest BCUT2D eigenvalue weighted by Gasteiger charge is -2.38. The molecule has 2 aliphatic heterocycles. The lowest BCUT2D eigenvalue weighted by Crippen LogP contribution is -2.45. The third-order valence-electron chi connectivity index (χ3n) is 9.99. The van der Waals surface area contributed by atoms with Gasteiger partial charge in [0.2, 0.25) is 0 Å². The van der Waals surface area contributed by atoms with Gasteiger partial charge in [0.1, 0.15) is 17.8 Å². The van der Waals surface area contributed by atoms with Gasteiger partial charge in [0.25, 0.3) is 5.95 Å². The Kier molecular flexibility index (Phi) is 15.7. The van der Waals surface area contributed by atoms with Gasteiger partial charge >= 0.3 is 12.2 Å². The highest BCUT2D eigenvalue weighted by Gasteiger charge is 2.46. The van der Waals surface area contributed by atoms with Crippen LogP contribution in [-0.2, 0) is 18.3 Å². The van der Waals surface area contributed by atoms with Gasteiger partial charge in [-0.1, -0.05) is 41.5 Å². The molecule has 0 aliphatic carbocycles. The molecule has 2 saturated heterocycles. The Morgan fingerprint density at radius 2 is 1.21 bits per heavy atom. The summed E-state index contributed by atoms with van der Waals surface area (Å²) >= 11 is 2.01. The molecular formula is C37H67FIN3O8Si2. The van der Waals surface area contributed by atoms with Crippen molar-refractivity contribution < 1.29 is 42.1 Å². The first-order chi connectivity index (χ1) is 23.4. The lowest BCUT2D eigenvalue weighted by atomic mass is 10.2. The fraction of sp³-hybridized carbons (Fsp3) is 0.811. The quantitative estimate of drug-likeness (QED) is 0.155. The van der Waals surface area contributed by atoms with Crippen LogP contribution in [0.15, 0.2) is 12.3 Å². The topological polar surface area (TPSA) is 120 Å². The molecule has 4 atom stereocenters. The SMILES string of the molecule is CC(C)(C)OC(=O)N1C[C@@H](O[Si](C)(C)C(C)(C)C)C[C@H]1CO.CC(C)(C)OC(=O)N1C[C@@H](O[Si](C)(C)C(C)(C)C)C[C@H]1COc1c(I)ccnc1F. The number of amides is 2. The first-order valence-corrected chi connectivity index (χ1v) is 25.2. The Labute approximate surface area is 328 Å². The fourth-order valence-electron chi connectivity index (χ4n) is 5.23. The van der Waals surface area contributed by atoms with Crippen molar-refractivity contribution in [3.63, 3.8) is 0 Å². The van der Waals surface area contributed by atoms with Crippen LogP contribution in [0.3, 0.4) is 0 Å². The molecule has 0 unspecified atom stereocenters. The zero-order valence-corrected chi connectivity index (χ0v) is 38.8. The highest BCUT2D eigenvalue weighted by atomic mass is 127. The van der Waals surface area contributed by atoms with Gasteiger partial charge in [0.05, 0.1) is 34.5 Å². The monoisotopic (exact) mass is 883 g/mol. The number of aliphatic hydroxyl groups excluding tert-OH is 1. The highest BCUT2D eigenvalue weighted by Crippen LogP contribution is 2.40. The van der Waals surface area contributed by atoms with E-state index in [0.717, 1.165) is 0 Å². The third kappa shape index (κ3) is 13.6. The van der Waals surface area contributed by atoms with Crippen molar-refractivity contribution in [1.82, 2.24) is 14.8 Å². The maximum Gasteiger partial charge on any atom is 0.410 e. The van der Waals surface area contributed by atoms with Gasteiger partial charge in [-0.3, -0.25) is 4.90 Å². The van der Waals surface area contributed by atoms with Gasteiger partial charge in [-0.2, -0.15) is 4.39 Å². The lowest BCUT2D eigenvalue weighted by molar-refractivity contribution is 0.0159. The summed E-state index contributed by atoms with van der Waals surface area (Å²) in [5, 5.41) is 9.75. The molecule has 3 heterocycles. The number of carbonyl (C=O) groups is 2. The molecule has 11 nitrogen and oxygen atoms in total. The van der Waals surface area contributed by atoms with Gasteiger partial charge < -0.3 is 33.1 Å². The number of nitrogens with zero attached hydrogens (tertiary/aromatic N) is 3. The van der Waals surface area contributed by atoms with E-state index in [4.69, 9.17) is 23.1 Å². The summed E-state index contributed by atoms with van der Waals surface area (Å²) in [5.41, 5.74) is -1.14. The van der Waals surface area contributed by atoms with Crippen LogP contribution >= 0.6 is 22.6 Å². The van der Waals surface area contributed by atoms with E-state index in [1.807, 2.05) is 64.1 Å². The number of ether oxygens (including phenoxy) is 3. The minimum absolute atomic E-state index is 0.0226. The van der Waals surface area contributed by atoms with Crippen LogP contribution in [0.2, 0.25) is 36.3 Å². The number of pyridine rings is 1. The summed E-state index contributed by atoms with van der Waals surface area (Å²) in [6.07, 6.45) is 1.78. The second-order valence-electron chi connectivity index (χ2n) is 19.0. The van der Waals surface area contributed by atoms with Crippen molar-refractivity contribution in [2.75, 3.05) is 26.3 Å². The molecule has 2 amide bonds. The van der Waals surface area contributed by atoms with E-state index in [2.05, 4.69) is 72.7 Å². The van der Waals surface area contributed by atoms with Crippen LogP contribution < -0.4 is 4.74 Å². The molecule has 2 fully saturated rings. The predicted molar refractivity (Wildman–Crippen MR) is 216 cm³/mol. The van der Waals surface area contributed by atoms with E-state index < -0.39 is 39.9 Å². The summed E-state index contributed by atoms with van der Waals surface area (Å²) in [5.74, 6) is -0.547. The Bertz CT molecular complexity index is 1340. The molecule has 15 heteroatoms. The summed E-state index contributed by atoms with van der Waals surface area (Å²) < 4.78 is 44.4. The van der Waals surface area contributed by atoms with Crippen LogP contribution in [0.1, 0.15) is 95.9 Å². The molecule has 1 aromatic rings. The summed E-state index contributed by atoms with van der Waals surface area (Å²) in [4.78, 5) is 32.1. The zero-order chi connectivity index (χ0) is 40.3. The first kappa shape index (κ1) is 46.6. The van der Waals surface area contributed by atoms with Gasteiger partial charge in [-0.05, 0) is 119 Å². The molecule has 2 aliphatic rings. The van der Waals surface area contributed by atoms with Gasteiger partial charge in [-0.15, -0.1) is 0 Å². The standard InChI is InChI=1S/C21H34FIN2O4Si.C16H33NO4Si/c1-20(2,3)28-19(26)25-12-15(29-30(7,8)21(4,5)6)11-14(25)13-27-17-16(23)9-10-24-18(17)22;1-15(2,3)20-14(19)17-10-13(9-12(17)11-18)21-22(7,8)16(4,5)6/h9-10,14-15H,11-13H2,1-8H3;12-13,18H,9-11H2,1-8H3/t14-,15-;12-,13-/m00/s1. The van der Waals surface area contributed by atoms with E-state index in [1.54, 1.807) is 15.9 Å². The summed E-state index contributed by atoms with van der Waals surface area (Å²) in [7, 11) is -3.89. The first-order valence-electron chi connectivity index (χ1n) is 18.3. The molecule has 0 radical (unpaired) electrons. The van der Waals surface area contributed by atoms with Crippen molar-refractivity contribution in [2.45, 2.75) is 168 Å². The van der Waals surface area contributed by atoms with E-state index in [0.29, 0.717) is 29.5 Å². The van der Waals surface area contributed by atoms with Crippen LogP contribution in [0.5, 0.6) is 5.75 Å². The van der Waals surface area contributed by atoms with E-state index in [-0.39, 0.29) is 59.4 Å². The van der Waals surface area contributed by atoms with Crippen molar-refractivity contribution >= 4 is 51.4 Å². The average molecular weight is 884 g/mol.